The summed E-state index contributed by atoms with van der Waals surface area (Å²) >= 11 is 0. The van der Waals surface area contributed by atoms with E-state index in [9.17, 15) is 4.79 Å². The van der Waals surface area contributed by atoms with Gasteiger partial charge in [0, 0.05) is 44.7 Å². The van der Waals surface area contributed by atoms with Gasteiger partial charge >= 0.3 is 0 Å². The molecule has 1 unspecified atom stereocenters. The molecule has 1 amide bonds. The van der Waals surface area contributed by atoms with Crippen molar-refractivity contribution in [1.82, 2.24) is 9.80 Å². The molecule has 3 atom stereocenters. The molecular weight excluding hydrogens is 278 g/mol. The third-order valence-corrected chi connectivity index (χ3v) is 5.39. The maximum atomic E-state index is 12.8. The van der Waals surface area contributed by atoms with Crippen molar-refractivity contribution in [2.45, 2.75) is 45.6 Å². The van der Waals surface area contributed by atoms with Crippen molar-refractivity contribution in [2.75, 3.05) is 45.9 Å². The maximum absolute atomic E-state index is 12.8. The van der Waals surface area contributed by atoms with Crippen molar-refractivity contribution in [3.63, 3.8) is 0 Å². The molecular formula is C17H33N3O2. The molecule has 2 N–H and O–H groups in total. The molecule has 1 heterocycles. The average molecular weight is 311 g/mol. The number of nitrogens with zero attached hydrogens (tertiary/aromatic N) is 2. The molecule has 5 nitrogen and oxygen atoms in total. The Bertz CT molecular complexity index is 351. The maximum Gasteiger partial charge on any atom is 0.226 e. The number of carbonyl (C=O) groups excluding carboxylic acids is 1. The molecule has 0 bridgehead atoms. The fourth-order valence-corrected chi connectivity index (χ4v) is 3.98. The van der Waals surface area contributed by atoms with Crippen LogP contribution in [-0.2, 0) is 9.53 Å². The van der Waals surface area contributed by atoms with Crippen LogP contribution in [0.15, 0.2) is 0 Å². The van der Waals surface area contributed by atoms with Crippen LogP contribution in [0.5, 0.6) is 0 Å². The molecule has 0 spiro atoms. The van der Waals surface area contributed by atoms with Gasteiger partial charge in [-0.25, -0.2) is 0 Å². The highest BCUT2D eigenvalue weighted by Gasteiger charge is 2.37. The van der Waals surface area contributed by atoms with E-state index >= 15 is 0 Å². The highest BCUT2D eigenvalue weighted by Crippen LogP contribution is 2.33. The fraction of sp³-hybridized carbons (Fsp3) is 0.941. The predicted molar refractivity (Wildman–Crippen MR) is 88.6 cm³/mol. The zero-order valence-corrected chi connectivity index (χ0v) is 14.3. The van der Waals surface area contributed by atoms with Crippen molar-refractivity contribution in [2.24, 2.45) is 17.6 Å². The number of nitrogens with two attached hydrogens (primary N) is 1. The smallest absolute Gasteiger partial charge is 0.226 e. The van der Waals surface area contributed by atoms with Gasteiger partial charge in [0.05, 0.1) is 6.61 Å². The summed E-state index contributed by atoms with van der Waals surface area (Å²) in [6.45, 7) is 10.1. The van der Waals surface area contributed by atoms with Gasteiger partial charge in [-0.15, -0.1) is 0 Å². The SMILES string of the molecule is CCOCCN1CCN(C(=O)[C@@H]2CCC[C@@H]2CN)CC1CC. The molecule has 2 aliphatic rings. The molecule has 22 heavy (non-hydrogen) atoms. The van der Waals surface area contributed by atoms with Crippen molar-refractivity contribution in [3.8, 4) is 0 Å². The molecule has 0 aromatic carbocycles. The van der Waals surface area contributed by atoms with Gasteiger partial charge in [0.25, 0.3) is 0 Å². The molecule has 5 heteroatoms. The van der Waals surface area contributed by atoms with E-state index in [1.165, 1.54) is 0 Å². The lowest BCUT2D eigenvalue weighted by atomic mass is 9.94. The Morgan fingerprint density at radius 2 is 2.09 bits per heavy atom. The van der Waals surface area contributed by atoms with Crippen LogP contribution in [0.25, 0.3) is 0 Å². The average Bonchev–Trinajstić information content (AvgIpc) is 3.03. The van der Waals surface area contributed by atoms with Crippen molar-refractivity contribution >= 4 is 5.91 Å². The number of rotatable bonds is 7. The number of carbonyl (C=O) groups is 1. The number of piperazine rings is 1. The Labute approximate surface area is 135 Å². The summed E-state index contributed by atoms with van der Waals surface area (Å²) in [6, 6.07) is 0.468. The summed E-state index contributed by atoms with van der Waals surface area (Å²) in [7, 11) is 0. The first-order chi connectivity index (χ1) is 10.7. The lowest BCUT2D eigenvalue weighted by Crippen LogP contribution is -2.56. The summed E-state index contributed by atoms with van der Waals surface area (Å²) in [4.78, 5) is 17.4. The van der Waals surface area contributed by atoms with Crippen LogP contribution in [-0.4, -0.2) is 67.7 Å². The molecule has 1 aliphatic carbocycles. The second-order valence-electron chi connectivity index (χ2n) is 6.61. The Balaban J connectivity index is 1.88. The number of ether oxygens (including phenoxy) is 1. The number of amides is 1. The minimum Gasteiger partial charge on any atom is -0.380 e. The van der Waals surface area contributed by atoms with Crippen LogP contribution in [0.3, 0.4) is 0 Å². The highest BCUT2D eigenvalue weighted by atomic mass is 16.5. The van der Waals surface area contributed by atoms with E-state index in [1.807, 2.05) is 6.92 Å². The predicted octanol–water partition coefficient (Wildman–Crippen LogP) is 1.32. The largest absolute Gasteiger partial charge is 0.380 e. The van der Waals surface area contributed by atoms with E-state index < -0.39 is 0 Å². The van der Waals surface area contributed by atoms with Crippen LogP contribution >= 0.6 is 0 Å². The molecule has 1 saturated carbocycles. The van der Waals surface area contributed by atoms with E-state index in [0.29, 0.717) is 24.4 Å². The molecule has 2 fully saturated rings. The Morgan fingerprint density at radius 3 is 2.77 bits per heavy atom. The topological polar surface area (TPSA) is 58.8 Å². The van der Waals surface area contributed by atoms with Gasteiger partial charge in [-0.2, -0.15) is 0 Å². The molecule has 2 rings (SSSR count). The standard InChI is InChI=1S/C17H33N3O2/c1-3-15-13-20(9-8-19(15)10-11-22-4-2)17(21)16-7-5-6-14(16)12-18/h14-16H,3-13,18H2,1-2H3/t14-,15?,16-/m1/s1. The summed E-state index contributed by atoms with van der Waals surface area (Å²) < 4.78 is 5.48. The van der Waals surface area contributed by atoms with Gasteiger partial charge in [-0.3, -0.25) is 9.69 Å². The van der Waals surface area contributed by atoms with E-state index in [2.05, 4.69) is 16.7 Å². The Kier molecular flexibility index (Phi) is 7.12. The minimum atomic E-state index is 0.178. The van der Waals surface area contributed by atoms with Crippen molar-refractivity contribution < 1.29 is 9.53 Å². The van der Waals surface area contributed by atoms with Crippen LogP contribution in [0.1, 0.15) is 39.5 Å². The van der Waals surface area contributed by atoms with Crippen LogP contribution in [0, 0.1) is 11.8 Å². The van der Waals surface area contributed by atoms with Gasteiger partial charge in [-0.05, 0) is 38.6 Å². The van der Waals surface area contributed by atoms with E-state index in [0.717, 1.165) is 65.1 Å². The van der Waals surface area contributed by atoms with Crippen LogP contribution in [0.2, 0.25) is 0 Å². The molecule has 0 aromatic heterocycles. The van der Waals surface area contributed by atoms with Gasteiger partial charge < -0.3 is 15.4 Å². The summed E-state index contributed by atoms with van der Waals surface area (Å²) in [6.07, 6.45) is 4.39. The fourth-order valence-electron chi connectivity index (χ4n) is 3.98. The molecule has 128 valence electrons. The van der Waals surface area contributed by atoms with Crippen LogP contribution in [0.4, 0.5) is 0 Å². The molecule has 1 saturated heterocycles. The first kappa shape index (κ1) is 17.7. The first-order valence-electron chi connectivity index (χ1n) is 9.01. The van der Waals surface area contributed by atoms with Gasteiger partial charge in [0.1, 0.15) is 0 Å². The van der Waals surface area contributed by atoms with Gasteiger partial charge in [0.15, 0.2) is 0 Å². The quantitative estimate of drug-likeness (QED) is 0.721. The summed E-state index contributed by atoms with van der Waals surface area (Å²) in [5, 5.41) is 0. The minimum absolute atomic E-state index is 0.178. The molecule has 0 aromatic rings. The third kappa shape index (κ3) is 4.21. The lowest BCUT2D eigenvalue weighted by molar-refractivity contribution is -0.139. The third-order valence-electron chi connectivity index (χ3n) is 5.39. The second-order valence-corrected chi connectivity index (χ2v) is 6.61. The molecule has 0 radical (unpaired) electrons. The Hall–Kier alpha value is -0.650. The van der Waals surface area contributed by atoms with Gasteiger partial charge in [0.2, 0.25) is 5.91 Å². The summed E-state index contributed by atoms with van der Waals surface area (Å²) in [5.41, 5.74) is 5.84. The number of hydrogen-bond donors (Lipinski definition) is 1. The monoisotopic (exact) mass is 311 g/mol. The van der Waals surface area contributed by atoms with E-state index in [4.69, 9.17) is 10.5 Å². The van der Waals surface area contributed by atoms with Crippen LogP contribution < -0.4 is 5.73 Å². The van der Waals surface area contributed by atoms with Crippen molar-refractivity contribution in [3.05, 3.63) is 0 Å². The van der Waals surface area contributed by atoms with Gasteiger partial charge in [-0.1, -0.05) is 13.3 Å². The first-order valence-corrected chi connectivity index (χ1v) is 9.01. The van der Waals surface area contributed by atoms with Crippen molar-refractivity contribution in [1.29, 1.82) is 0 Å². The van der Waals surface area contributed by atoms with E-state index in [1.54, 1.807) is 0 Å². The molecule has 1 aliphatic heterocycles. The summed E-state index contributed by atoms with van der Waals surface area (Å²) in [5.74, 6) is 0.942. The highest BCUT2D eigenvalue weighted by molar-refractivity contribution is 5.79. The second kappa shape index (κ2) is 8.85. The zero-order valence-electron chi connectivity index (χ0n) is 14.3. The lowest BCUT2D eigenvalue weighted by Gasteiger charge is -2.42. The Morgan fingerprint density at radius 1 is 1.27 bits per heavy atom. The number of hydrogen-bond acceptors (Lipinski definition) is 4. The zero-order chi connectivity index (χ0) is 15.9. The normalized spacial score (nSPS) is 30.0. The van der Waals surface area contributed by atoms with E-state index in [-0.39, 0.29) is 5.92 Å².